The zero-order chi connectivity index (χ0) is 20.6. The second-order valence-electron chi connectivity index (χ2n) is 8.14. The molecule has 1 aliphatic rings. The normalized spacial score (nSPS) is 18.7. The highest BCUT2D eigenvalue weighted by atomic mass is 16.3. The summed E-state index contributed by atoms with van der Waals surface area (Å²) in [7, 11) is 0. The van der Waals surface area contributed by atoms with Crippen molar-refractivity contribution in [2.45, 2.75) is 31.9 Å². The molecule has 0 radical (unpaired) electrons. The Hall–Kier alpha value is -2.21. The highest BCUT2D eigenvalue weighted by molar-refractivity contribution is 5.79. The Balaban J connectivity index is 1.39. The van der Waals surface area contributed by atoms with Gasteiger partial charge in [0, 0.05) is 19.1 Å². The van der Waals surface area contributed by atoms with Gasteiger partial charge in [0.2, 0.25) is 5.91 Å². The quantitative estimate of drug-likeness (QED) is 0.642. The lowest BCUT2D eigenvalue weighted by atomic mass is 9.93. The number of carbonyl (C=O) groups is 1. The van der Waals surface area contributed by atoms with E-state index in [4.69, 9.17) is 5.73 Å². The van der Waals surface area contributed by atoms with Gasteiger partial charge in [0.15, 0.2) is 0 Å². The number of benzene rings is 2. The standard InChI is InChI=1S/C24H33N3O2/c1-18(23(25)21-10-6-3-7-11-21)24(29)26-16-19-12-14-27(15-13-19)17-22(28)20-8-4-2-5-9-20/h2-11,18-19,22-23,28H,12-17,25H2,1H3,(H,26,29). The molecule has 1 heterocycles. The molecule has 5 heteroatoms. The molecule has 156 valence electrons. The summed E-state index contributed by atoms with van der Waals surface area (Å²) in [6, 6.07) is 19.3. The zero-order valence-corrected chi connectivity index (χ0v) is 17.2. The SMILES string of the molecule is CC(C(=O)NCC1CCN(CC(O)c2ccccc2)CC1)C(N)c1ccccc1. The minimum atomic E-state index is -0.451. The Morgan fingerprint density at radius 3 is 2.21 bits per heavy atom. The first-order valence-corrected chi connectivity index (χ1v) is 10.6. The lowest BCUT2D eigenvalue weighted by Crippen LogP contribution is -2.42. The predicted octanol–water partition coefficient (Wildman–Crippen LogP) is 2.88. The molecule has 2 aromatic carbocycles. The van der Waals surface area contributed by atoms with Crippen LogP contribution >= 0.6 is 0 Å². The van der Waals surface area contributed by atoms with Gasteiger partial charge in [-0.2, -0.15) is 0 Å². The Kier molecular flexibility index (Phi) is 7.81. The minimum absolute atomic E-state index is 0.0169. The molecular weight excluding hydrogens is 362 g/mol. The first-order valence-electron chi connectivity index (χ1n) is 10.6. The summed E-state index contributed by atoms with van der Waals surface area (Å²) in [6.07, 6.45) is 1.61. The number of nitrogens with one attached hydrogen (secondary N) is 1. The van der Waals surface area contributed by atoms with E-state index < -0.39 is 6.10 Å². The summed E-state index contributed by atoms with van der Waals surface area (Å²) in [5, 5.41) is 13.5. The maximum atomic E-state index is 12.5. The number of carbonyl (C=O) groups excluding carboxylic acids is 1. The monoisotopic (exact) mass is 395 g/mol. The van der Waals surface area contributed by atoms with E-state index in [1.165, 1.54) is 0 Å². The third-order valence-corrected chi connectivity index (χ3v) is 6.02. The van der Waals surface area contributed by atoms with Crippen LogP contribution in [-0.4, -0.2) is 42.1 Å². The highest BCUT2D eigenvalue weighted by Gasteiger charge is 2.25. The van der Waals surface area contributed by atoms with Crippen molar-refractivity contribution < 1.29 is 9.90 Å². The zero-order valence-electron chi connectivity index (χ0n) is 17.2. The van der Waals surface area contributed by atoms with Crippen LogP contribution in [0.15, 0.2) is 60.7 Å². The first kappa shape index (κ1) is 21.5. The third kappa shape index (κ3) is 6.13. The van der Waals surface area contributed by atoms with Gasteiger partial charge in [-0.1, -0.05) is 67.6 Å². The van der Waals surface area contributed by atoms with Crippen LogP contribution in [0.1, 0.15) is 43.0 Å². The number of aliphatic hydroxyl groups excluding tert-OH is 1. The van der Waals surface area contributed by atoms with Crippen molar-refractivity contribution in [1.82, 2.24) is 10.2 Å². The van der Waals surface area contributed by atoms with Gasteiger partial charge in [0.25, 0.3) is 0 Å². The maximum Gasteiger partial charge on any atom is 0.224 e. The minimum Gasteiger partial charge on any atom is -0.387 e. The summed E-state index contributed by atoms with van der Waals surface area (Å²) in [5.41, 5.74) is 8.22. The number of aliphatic hydroxyl groups is 1. The average molecular weight is 396 g/mol. The van der Waals surface area contributed by atoms with E-state index in [0.29, 0.717) is 19.0 Å². The number of rotatable bonds is 8. The lowest BCUT2D eigenvalue weighted by Gasteiger charge is -2.33. The van der Waals surface area contributed by atoms with Crippen molar-refractivity contribution in [3.8, 4) is 0 Å². The molecule has 4 N–H and O–H groups in total. The molecule has 0 aliphatic carbocycles. The fraction of sp³-hybridized carbons (Fsp3) is 0.458. The fourth-order valence-corrected chi connectivity index (χ4v) is 3.93. The summed E-state index contributed by atoms with van der Waals surface area (Å²) in [5.74, 6) is 0.228. The van der Waals surface area contributed by atoms with Crippen LogP contribution in [0.3, 0.4) is 0 Å². The molecule has 1 amide bonds. The molecular formula is C24H33N3O2. The summed E-state index contributed by atoms with van der Waals surface area (Å²) >= 11 is 0. The van der Waals surface area contributed by atoms with Crippen molar-refractivity contribution in [1.29, 1.82) is 0 Å². The van der Waals surface area contributed by atoms with E-state index >= 15 is 0 Å². The predicted molar refractivity (Wildman–Crippen MR) is 116 cm³/mol. The number of nitrogens with zero attached hydrogens (tertiary/aromatic N) is 1. The molecule has 3 atom stereocenters. The summed E-state index contributed by atoms with van der Waals surface area (Å²) in [6.45, 7) is 5.14. The fourth-order valence-electron chi connectivity index (χ4n) is 3.93. The Morgan fingerprint density at radius 1 is 1.07 bits per heavy atom. The van der Waals surface area contributed by atoms with Crippen LogP contribution in [0, 0.1) is 11.8 Å². The molecule has 1 aliphatic heterocycles. The molecule has 3 rings (SSSR count). The molecule has 3 unspecified atom stereocenters. The second kappa shape index (κ2) is 10.5. The molecule has 29 heavy (non-hydrogen) atoms. The molecule has 0 spiro atoms. The number of hydrogen-bond acceptors (Lipinski definition) is 4. The second-order valence-corrected chi connectivity index (χ2v) is 8.14. The van der Waals surface area contributed by atoms with E-state index in [2.05, 4.69) is 10.2 Å². The van der Waals surface area contributed by atoms with Crippen LogP contribution in [0.5, 0.6) is 0 Å². The first-order chi connectivity index (χ1) is 14.0. The summed E-state index contributed by atoms with van der Waals surface area (Å²) < 4.78 is 0. The van der Waals surface area contributed by atoms with Crippen molar-refractivity contribution in [3.05, 3.63) is 71.8 Å². The number of β-amino-alcohol motifs (C(OH)–C–C–N with tert-alkyl or cyclic N) is 1. The molecule has 5 nitrogen and oxygen atoms in total. The lowest BCUT2D eigenvalue weighted by molar-refractivity contribution is -0.125. The Morgan fingerprint density at radius 2 is 1.62 bits per heavy atom. The van der Waals surface area contributed by atoms with Crippen molar-refractivity contribution >= 4 is 5.91 Å². The number of hydrogen-bond donors (Lipinski definition) is 3. The van der Waals surface area contributed by atoms with Gasteiger partial charge < -0.3 is 21.1 Å². The molecule has 0 aromatic heterocycles. The largest absolute Gasteiger partial charge is 0.387 e. The van der Waals surface area contributed by atoms with Gasteiger partial charge in [-0.15, -0.1) is 0 Å². The number of likely N-dealkylation sites (tertiary alicyclic amines) is 1. The Labute approximate surface area is 173 Å². The van der Waals surface area contributed by atoms with E-state index in [1.807, 2.05) is 67.6 Å². The number of nitrogens with two attached hydrogens (primary N) is 1. The number of amides is 1. The molecule has 1 fully saturated rings. The Bertz CT molecular complexity index is 745. The average Bonchev–Trinajstić information content (AvgIpc) is 2.78. The van der Waals surface area contributed by atoms with Gasteiger partial charge in [-0.3, -0.25) is 4.79 Å². The smallest absolute Gasteiger partial charge is 0.224 e. The van der Waals surface area contributed by atoms with Gasteiger partial charge in [0.05, 0.1) is 12.0 Å². The van der Waals surface area contributed by atoms with Gasteiger partial charge in [0.1, 0.15) is 0 Å². The van der Waals surface area contributed by atoms with Crippen molar-refractivity contribution in [2.75, 3.05) is 26.2 Å². The molecule has 1 saturated heterocycles. The maximum absolute atomic E-state index is 12.5. The topological polar surface area (TPSA) is 78.6 Å². The van der Waals surface area contributed by atoms with Crippen LogP contribution in [-0.2, 0) is 4.79 Å². The third-order valence-electron chi connectivity index (χ3n) is 6.02. The van der Waals surface area contributed by atoms with Crippen LogP contribution in [0.25, 0.3) is 0 Å². The van der Waals surface area contributed by atoms with E-state index in [9.17, 15) is 9.90 Å². The van der Waals surface area contributed by atoms with E-state index in [1.54, 1.807) is 0 Å². The van der Waals surface area contributed by atoms with E-state index in [0.717, 1.165) is 37.1 Å². The van der Waals surface area contributed by atoms with Gasteiger partial charge >= 0.3 is 0 Å². The van der Waals surface area contributed by atoms with E-state index in [-0.39, 0.29) is 17.9 Å². The van der Waals surface area contributed by atoms with Crippen LogP contribution in [0.4, 0.5) is 0 Å². The number of piperidine rings is 1. The van der Waals surface area contributed by atoms with Crippen LogP contribution < -0.4 is 11.1 Å². The van der Waals surface area contributed by atoms with Crippen molar-refractivity contribution in [3.63, 3.8) is 0 Å². The van der Waals surface area contributed by atoms with Crippen LogP contribution in [0.2, 0.25) is 0 Å². The highest BCUT2D eigenvalue weighted by Crippen LogP contribution is 2.22. The van der Waals surface area contributed by atoms with Gasteiger partial charge in [-0.25, -0.2) is 0 Å². The van der Waals surface area contributed by atoms with Gasteiger partial charge in [-0.05, 0) is 43.0 Å². The molecule has 0 saturated carbocycles. The van der Waals surface area contributed by atoms with Crippen molar-refractivity contribution in [2.24, 2.45) is 17.6 Å². The summed E-state index contributed by atoms with van der Waals surface area (Å²) in [4.78, 5) is 14.8. The molecule has 2 aromatic rings. The molecule has 0 bridgehead atoms.